The number of hydrogen-bond acceptors (Lipinski definition) is 2. The van der Waals surface area contributed by atoms with Crippen molar-refractivity contribution in [2.45, 2.75) is 0 Å². The summed E-state index contributed by atoms with van der Waals surface area (Å²) < 4.78 is 0. The monoisotopic (exact) mass is 232 g/mol. The van der Waals surface area contributed by atoms with Crippen LogP contribution in [-0.4, -0.2) is 12.0 Å². The SMILES string of the molecule is CN1c2ccccc2-c2nccc3cccc1c23. The number of hydrogen-bond donors (Lipinski definition) is 0. The van der Waals surface area contributed by atoms with Crippen LogP contribution in [0.3, 0.4) is 0 Å². The van der Waals surface area contributed by atoms with Crippen molar-refractivity contribution in [3.05, 3.63) is 54.7 Å². The average molecular weight is 232 g/mol. The standard InChI is InChI=1S/C16H12N2/c1-18-13-7-3-2-6-12(13)16-15-11(9-10-17-16)5-4-8-14(15)18/h2-10H,1H3. The second-order valence-corrected chi connectivity index (χ2v) is 4.61. The normalized spacial score (nSPS) is 12.6. The van der Waals surface area contributed by atoms with Gasteiger partial charge in [0.25, 0.3) is 0 Å². The molecule has 86 valence electrons. The molecule has 0 unspecified atom stereocenters. The van der Waals surface area contributed by atoms with Gasteiger partial charge in [0, 0.05) is 24.2 Å². The van der Waals surface area contributed by atoms with Crippen molar-refractivity contribution < 1.29 is 0 Å². The molecule has 0 saturated heterocycles. The van der Waals surface area contributed by atoms with E-state index in [9.17, 15) is 0 Å². The summed E-state index contributed by atoms with van der Waals surface area (Å²) in [6, 6.07) is 16.9. The van der Waals surface area contributed by atoms with Gasteiger partial charge in [-0.25, -0.2) is 0 Å². The van der Waals surface area contributed by atoms with Crippen LogP contribution in [0.25, 0.3) is 22.0 Å². The molecule has 0 N–H and O–H groups in total. The number of fused-ring (bicyclic) bond motifs is 2. The van der Waals surface area contributed by atoms with Gasteiger partial charge in [-0.1, -0.05) is 30.3 Å². The Bertz CT molecular complexity index is 757. The van der Waals surface area contributed by atoms with E-state index in [0.717, 1.165) is 5.69 Å². The Hall–Kier alpha value is -2.35. The van der Waals surface area contributed by atoms with Crippen molar-refractivity contribution in [2.75, 3.05) is 11.9 Å². The fourth-order valence-electron chi connectivity index (χ4n) is 2.79. The van der Waals surface area contributed by atoms with E-state index in [4.69, 9.17) is 0 Å². The van der Waals surface area contributed by atoms with Crippen molar-refractivity contribution in [2.24, 2.45) is 0 Å². The molecule has 2 nitrogen and oxygen atoms in total. The summed E-state index contributed by atoms with van der Waals surface area (Å²) in [6.07, 6.45) is 1.89. The zero-order chi connectivity index (χ0) is 12.1. The summed E-state index contributed by atoms with van der Waals surface area (Å²) in [7, 11) is 2.11. The van der Waals surface area contributed by atoms with E-state index in [-0.39, 0.29) is 0 Å². The smallest absolute Gasteiger partial charge is 0.0822 e. The molecule has 0 radical (unpaired) electrons. The zero-order valence-electron chi connectivity index (χ0n) is 10.1. The number of pyridine rings is 1. The fraction of sp³-hybridized carbons (Fsp3) is 0.0625. The van der Waals surface area contributed by atoms with Crippen LogP contribution in [0.15, 0.2) is 54.7 Å². The van der Waals surface area contributed by atoms with E-state index in [1.807, 2.05) is 6.20 Å². The first-order valence-corrected chi connectivity index (χ1v) is 6.07. The molecule has 2 heteroatoms. The molecule has 18 heavy (non-hydrogen) atoms. The number of benzene rings is 2. The third kappa shape index (κ3) is 1.10. The van der Waals surface area contributed by atoms with Crippen LogP contribution in [0.1, 0.15) is 0 Å². The maximum absolute atomic E-state index is 4.59. The quantitative estimate of drug-likeness (QED) is 0.582. The van der Waals surface area contributed by atoms with Crippen LogP contribution >= 0.6 is 0 Å². The maximum Gasteiger partial charge on any atom is 0.0822 e. The van der Waals surface area contributed by atoms with Gasteiger partial charge in [-0.2, -0.15) is 0 Å². The highest BCUT2D eigenvalue weighted by atomic mass is 15.1. The number of aromatic nitrogens is 1. The van der Waals surface area contributed by atoms with Crippen molar-refractivity contribution >= 4 is 22.1 Å². The molecule has 0 bridgehead atoms. The van der Waals surface area contributed by atoms with Crippen molar-refractivity contribution in [3.63, 3.8) is 0 Å². The molecule has 2 heterocycles. The van der Waals surface area contributed by atoms with Gasteiger partial charge in [0.1, 0.15) is 0 Å². The third-order valence-electron chi connectivity index (χ3n) is 3.65. The number of anilines is 2. The Balaban J connectivity index is 2.24. The van der Waals surface area contributed by atoms with Crippen molar-refractivity contribution in [1.82, 2.24) is 4.98 Å². The molecule has 1 aliphatic heterocycles. The minimum Gasteiger partial charge on any atom is -0.343 e. The topological polar surface area (TPSA) is 16.1 Å². The maximum atomic E-state index is 4.59. The van der Waals surface area contributed by atoms with E-state index in [2.05, 4.69) is 65.5 Å². The first-order chi connectivity index (χ1) is 8.86. The van der Waals surface area contributed by atoms with Crippen LogP contribution < -0.4 is 4.90 Å². The van der Waals surface area contributed by atoms with Crippen LogP contribution in [-0.2, 0) is 0 Å². The molecule has 0 amide bonds. The van der Waals surface area contributed by atoms with Crippen LogP contribution in [0, 0.1) is 0 Å². The Morgan fingerprint density at radius 3 is 2.67 bits per heavy atom. The highest BCUT2D eigenvalue weighted by molar-refractivity contribution is 6.10. The van der Waals surface area contributed by atoms with E-state index >= 15 is 0 Å². The Morgan fingerprint density at radius 2 is 1.72 bits per heavy atom. The fourth-order valence-corrected chi connectivity index (χ4v) is 2.79. The van der Waals surface area contributed by atoms with Gasteiger partial charge in [-0.15, -0.1) is 0 Å². The van der Waals surface area contributed by atoms with Crippen LogP contribution in [0.4, 0.5) is 11.4 Å². The lowest BCUT2D eigenvalue weighted by Gasteiger charge is -2.29. The predicted octanol–water partition coefficient (Wildman–Crippen LogP) is 3.98. The van der Waals surface area contributed by atoms with Gasteiger partial charge in [0.05, 0.1) is 17.1 Å². The van der Waals surface area contributed by atoms with Crippen LogP contribution in [0.2, 0.25) is 0 Å². The highest BCUT2D eigenvalue weighted by Crippen LogP contribution is 2.45. The molecule has 2 aromatic carbocycles. The molecule has 1 aromatic heterocycles. The largest absolute Gasteiger partial charge is 0.343 e. The molecule has 0 fully saturated rings. The van der Waals surface area contributed by atoms with Gasteiger partial charge in [0.15, 0.2) is 0 Å². The summed E-state index contributed by atoms with van der Waals surface area (Å²) in [5.74, 6) is 0. The molecular weight excluding hydrogens is 220 g/mol. The number of rotatable bonds is 0. The molecule has 3 aromatic rings. The highest BCUT2D eigenvalue weighted by Gasteiger charge is 2.22. The minimum absolute atomic E-state index is 1.09. The third-order valence-corrected chi connectivity index (χ3v) is 3.65. The van der Waals surface area contributed by atoms with Gasteiger partial charge < -0.3 is 4.90 Å². The van der Waals surface area contributed by atoms with E-state index in [1.165, 1.54) is 27.7 Å². The van der Waals surface area contributed by atoms with Crippen LogP contribution in [0.5, 0.6) is 0 Å². The summed E-state index contributed by atoms with van der Waals surface area (Å²) in [4.78, 5) is 6.83. The lowest BCUT2D eigenvalue weighted by atomic mass is 9.96. The summed E-state index contributed by atoms with van der Waals surface area (Å²) in [6.45, 7) is 0. The van der Waals surface area contributed by atoms with E-state index < -0.39 is 0 Å². The van der Waals surface area contributed by atoms with E-state index in [1.54, 1.807) is 0 Å². The van der Waals surface area contributed by atoms with Gasteiger partial charge in [0.2, 0.25) is 0 Å². The molecule has 0 aliphatic carbocycles. The first kappa shape index (κ1) is 9.66. The lowest BCUT2D eigenvalue weighted by molar-refractivity contribution is 1.19. The minimum atomic E-state index is 1.09. The molecule has 0 spiro atoms. The Kier molecular flexibility index (Phi) is 1.78. The predicted molar refractivity (Wildman–Crippen MR) is 75.2 cm³/mol. The number of para-hydroxylation sites is 1. The van der Waals surface area contributed by atoms with Crippen molar-refractivity contribution in [1.29, 1.82) is 0 Å². The van der Waals surface area contributed by atoms with E-state index in [0.29, 0.717) is 0 Å². The molecule has 1 aliphatic rings. The average Bonchev–Trinajstić information content (AvgIpc) is 2.44. The molecule has 4 rings (SSSR count). The molecule has 0 saturated carbocycles. The Morgan fingerprint density at radius 1 is 0.889 bits per heavy atom. The summed E-state index contributed by atoms with van der Waals surface area (Å²) >= 11 is 0. The lowest BCUT2D eigenvalue weighted by Crippen LogP contribution is -2.15. The molecule has 0 atom stereocenters. The van der Waals surface area contributed by atoms with Gasteiger partial charge in [-0.05, 0) is 23.6 Å². The second-order valence-electron chi connectivity index (χ2n) is 4.61. The van der Waals surface area contributed by atoms with Gasteiger partial charge >= 0.3 is 0 Å². The zero-order valence-corrected chi connectivity index (χ0v) is 10.1. The van der Waals surface area contributed by atoms with Crippen molar-refractivity contribution in [3.8, 4) is 11.3 Å². The molecular formula is C16H12N2. The summed E-state index contributed by atoms with van der Waals surface area (Å²) in [5.41, 5.74) is 4.76. The second kappa shape index (κ2) is 3.33. The summed E-state index contributed by atoms with van der Waals surface area (Å²) in [5, 5.41) is 2.50. The van der Waals surface area contributed by atoms with Gasteiger partial charge in [-0.3, -0.25) is 4.98 Å². The Labute approximate surface area is 106 Å². The first-order valence-electron chi connectivity index (χ1n) is 6.07. The number of nitrogens with zero attached hydrogens (tertiary/aromatic N) is 2.